The summed E-state index contributed by atoms with van der Waals surface area (Å²) in [6.07, 6.45) is 0.123. The number of benzene rings is 1. The summed E-state index contributed by atoms with van der Waals surface area (Å²) in [5.74, 6) is 1.32. The Kier molecular flexibility index (Phi) is 5.92. The first-order chi connectivity index (χ1) is 12.7. The molecule has 27 heavy (non-hydrogen) atoms. The molecule has 8 nitrogen and oxygen atoms in total. The van der Waals surface area contributed by atoms with Crippen molar-refractivity contribution in [2.45, 2.75) is 24.3 Å². The number of carbonyl (C=O) groups excluding carboxylic acids is 1. The third-order valence-corrected chi connectivity index (χ3v) is 7.15. The fourth-order valence-corrected chi connectivity index (χ4v) is 5.04. The van der Waals surface area contributed by atoms with Gasteiger partial charge in [-0.3, -0.25) is 14.4 Å². The Morgan fingerprint density at radius 2 is 2.15 bits per heavy atom. The number of hydrogen-bond acceptors (Lipinski definition) is 8. The highest BCUT2D eigenvalue weighted by Crippen LogP contribution is 2.35. The molecule has 1 N–H and O–H groups in total. The van der Waals surface area contributed by atoms with E-state index in [1.165, 1.54) is 15.6 Å². The lowest BCUT2D eigenvalue weighted by Gasteiger charge is -2.33. The van der Waals surface area contributed by atoms with Crippen molar-refractivity contribution < 1.29 is 17.9 Å². The minimum atomic E-state index is -3.55. The Morgan fingerprint density at radius 1 is 1.41 bits per heavy atom. The number of nitrogens with one attached hydrogen (secondary N) is 1. The molecule has 0 bridgehead atoms. The normalized spacial score (nSPS) is 16.7. The number of aromatic nitrogens is 2. The summed E-state index contributed by atoms with van der Waals surface area (Å²) in [6.45, 7) is 4.13. The molecule has 1 aromatic carbocycles. The van der Waals surface area contributed by atoms with Crippen LogP contribution in [-0.2, 0) is 14.8 Å². The third kappa shape index (κ3) is 4.90. The Bertz CT molecular complexity index is 929. The minimum Gasteiger partial charge on any atom is -0.476 e. The van der Waals surface area contributed by atoms with Crippen molar-refractivity contribution in [1.82, 2.24) is 10.2 Å². The van der Waals surface area contributed by atoms with E-state index in [0.29, 0.717) is 22.5 Å². The molecule has 2 aromatic rings. The van der Waals surface area contributed by atoms with Crippen molar-refractivity contribution in [2.24, 2.45) is 5.92 Å². The van der Waals surface area contributed by atoms with Gasteiger partial charge in [0.1, 0.15) is 5.75 Å². The van der Waals surface area contributed by atoms with Gasteiger partial charge in [0.15, 0.2) is 10.4 Å². The summed E-state index contributed by atoms with van der Waals surface area (Å²) in [6, 6.07) is 6.73. The number of anilines is 2. The Labute approximate surface area is 166 Å². The molecular weight excluding hydrogens is 408 g/mol. The van der Waals surface area contributed by atoms with E-state index >= 15 is 0 Å². The zero-order valence-corrected chi connectivity index (χ0v) is 17.5. The molecule has 0 saturated carbocycles. The topological polar surface area (TPSA) is 101 Å². The van der Waals surface area contributed by atoms with Crippen molar-refractivity contribution >= 4 is 49.8 Å². The molecular formula is C16H20N4O4S3. The van der Waals surface area contributed by atoms with Gasteiger partial charge in [0.2, 0.25) is 15.2 Å². The van der Waals surface area contributed by atoms with E-state index < -0.39 is 22.0 Å². The van der Waals surface area contributed by atoms with E-state index in [1.807, 2.05) is 0 Å². The average Bonchev–Trinajstić information content (AvgIpc) is 3.05. The van der Waals surface area contributed by atoms with Crippen molar-refractivity contribution in [3.8, 4) is 5.75 Å². The second kappa shape index (κ2) is 8.03. The largest absolute Gasteiger partial charge is 0.476 e. The smallest absolute Gasteiger partial charge is 0.269 e. The second-order valence-electron chi connectivity index (χ2n) is 6.44. The third-order valence-electron chi connectivity index (χ3n) is 3.60. The number of carbonyl (C=O) groups is 1. The molecule has 1 aliphatic rings. The summed E-state index contributed by atoms with van der Waals surface area (Å²) in [4.78, 5) is 12.6. The number of fused-ring (bicyclic) bond motifs is 1. The zero-order chi connectivity index (χ0) is 19.6. The molecule has 0 radical (unpaired) electrons. The number of rotatable bonds is 6. The summed E-state index contributed by atoms with van der Waals surface area (Å²) in [7, 11) is -3.55. The molecule has 11 heteroatoms. The van der Waals surface area contributed by atoms with Crippen LogP contribution in [0, 0.1) is 5.92 Å². The van der Waals surface area contributed by atoms with E-state index in [9.17, 15) is 13.2 Å². The highest BCUT2D eigenvalue weighted by molar-refractivity contribution is 8.01. The first kappa shape index (κ1) is 19.9. The van der Waals surface area contributed by atoms with Crippen LogP contribution in [0.15, 0.2) is 28.6 Å². The molecule has 1 unspecified atom stereocenters. The molecule has 0 fully saturated rings. The summed E-state index contributed by atoms with van der Waals surface area (Å²) in [5.41, 5.74) is 0.423. The average molecular weight is 429 g/mol. The predicted octanol–water partition coefficient (Wildman–Crippen LogP) is 2.45. The minimum absolute atomic E-state index is 0.102. The number of sulfonamides is 1. The van der Waals surface area contributed by atoms with E-state index in [-0.39, 0.29) is 6.54 Å². The second-order valence-corrected chi connectivity index (χ2v) is 10.6. The zero-order valence-electron chi connectivity index (χ0n) is 15.1. The monoisotopic (exact) mass is 428 g/mol. The van der Waals surface area contributed by atoms with Crippen LogP contribution >= 0.6 is 23.1 Å². The fourth-order valence-electron chi connectivity index (χ4n) is 2.40. The highest BCUT2D eigenvalue weighted by Gasteiger charge is 2.35. The standard InChI is InChI=1S/C16H20N4O4S3/c1-10(2)9-25-16-19-18-15(26-16)17-14(21)13-8-20(27(3,22)23)11-6-4-5-7-12(11)24-13/h4-7,10,13H,8-9H2,1-3H3,(H,17,18,21). The van der Waals surface area contributed by atoms with Gasteiger partial charge in [0.05, 0.1) is 18.5 Å². The summed E-state index contributed by atoms with van der Waals surface area (Å²) >= 11 is 2.86. The molecule has 0 aliphatic carbocycles. The van der Waals surface area contributed by atoms with Crippen LogP contribution in [0.3, 0.4) is 0 Å². The van der Waals surface area contributed by atoms with Gasteiger partial charge in [-0.2, -0.15) is 0 Å². The summed E-state index contributed by atoms with van der Waals surface area (Å²) < 4.78 is 31.9. The molecule has 0 spiro atoms. The van der Waals surface area contributed by atoms with E-state index in [0.717, 1.165) is 16.3 Å². The number of amides is 1. The van der Waals surface area contributed by atoms with Crippen LogP contribution < -0.4 is 14.4 Å². The number of ether oxygens (including phenoxy) is 1. The van der Waals surface area contributed by atoms with Gasteiger partial charge in [-0.15, -0.1) is 10.2 Å². The van der Waals surface area contributed by atoms with Crippen LogP contribution in [0.5, 0.6) is 5.75 Å². The lowest BCUT2D eigenvalue weighted by Crippen LogP contribution is -2.48. The Hall–Kier alpha value is -1.85. The SMILES string of the molecule is CC(C)CSc1nnc(NC(=O)C2CN(S(C)(=O)=O)c3ccccc3O2)s1. The quantitative estimate of drug-likeness (QED) is 0.557. The van der Waals surface area contributed by atoms with Gasteiger partial charge in [-0.1, -0.05) is 49.1 Å². The van der Waals surface area contributed by atoms with E-state index in [4.69, 9.17) is 4.74 Å². The molecule has 1 aromatic heterocycles. The number of para-hydroxylation sites is 2. The molecule has 3 rings (SSSR count). The number of thioether (sulfide) groups is 1. The first-order valence-corrected chi connectivity index (χ1v) is 11.9. The molecule has 1 amide bonds. The van der Waals surface area contributed by atoms with Crippen molar-refractivity contribution in [1.29, 1.82) is 0 Å². The van der Waals surface area contributed by atoms with Crippen molar-refractivity contribution in [3.63, 3.8) is 0 Å². The maximum atomic E-state index is 12.6. The number of nitrogens with zero attached hydrogens (tertiary/aromatic N) is 3. The fraction of sp³-hybridized carbons (Fsp3) is 0.438. The maximum absolute atomic E-state index is 12.6. The Balaban J connectivity index is 1.72. The van der Waals surface area contributed by atoms with Crippen molar-refractivity contribution in [2.75, 3.05) is 28.2 Å². The van der Waals surface area contributed by atoms with Gasteiger partial charge in [-0.25, -0.2) is 8.42 Å². The van der Waals surface area contributed by atoms with Gasteiger partial charge < -0.3 is 4.74 Å². The predicted molar refractivity (Wildman–Crippen MR) is 107 cm³/mol. The summed E-state index contributed by atoms with van der Waals surface area (Å²) in [5, 5.41) is 11.0. The number of hydrogen-bond donors (Lipinski definition) is 1. The van der Waals surface area contributed by atoms with Gasteiger partial charge in [-0.05, 0) is 18.1 Å². The Morgan fingerprint density at radius 3 is 2.85 bits per heavy atom. The van der Waals surface area contributed by atoms with Crippen LogP contribution in [0.4, 0.5) is 10.8 Å². The molecule has 1 aliphatic heterocycles. The van der Waals surface area contributed by atoms with Gasteiger partial charge in [0.25, 0.3) is 5.91 Å². The molecule has 146 valence electrons. The maximum Gasteiger partial charge on any atom is 0.269 e. The molecule has 1 atom stereocenters. The first-order valence-electron chi connectivity index (χ1n) is 8.24. The highest BCUT2D eigenvalue weighted by atomic mass is 32.2. The molecule has 0 saturated heterocycles. The van der Waals surface area contributed by atoms with E-state index in [1.54, 1.807) is 36.0 Å². The lowest BCUT2D eigenvalue weighted by atomic mass is 10.2. The van der Waals surface area contributed by atoms with E-state index in [2.05, 4.69) is 29.4 Å². The van der Waals surface area contributed by atoms with Crippen LogP contribution in [0.2, 0.25) is 0 Å². The van der Waals surface area contributed by atoms with Crippen LogP contribution in [0.1, 0.15) is 13.8 Å². The van der Waals surface area contributed by atoms with Gasteiger partial charge >= 0.3 is 0 Å². The molecule has 2 heterocycles. The van der Waals surface area contributed by atoms with Crippen molar-refractivity contribution in [3.05, 3.63) is 24.3 Å². The van der Waals surface area contributed by atoms with Crippen LogP contribution in [0.25, 0.3) is 0 Å². The van der Waals surface area contributed by atoms with Crippen LogP contribution in [-0.4, -0.2) is 49.2 Å². The van der Waals surface area contributed by atoms with Gasteiger partial charge in [0, 0.05) is 5.75 Å². The lowest BCUT2D eigenvalue weighted by molar-refractivity contribution is -0.122.